The van der Waals surface area contributed by atoms with Gasteiger partial charge in [0.05, 0.1) is 57.9 Å². The quantitative estimate of drug-likeness (QED) is 0.0516. The summed E-state index contributed by atoms with van der Waals surface area (Å²) >= 11 is 6.95. The van der Waals surface area contributed by atoms with E-state index in [0.29, 0.717) is 36.8 Å². The van der Waals surface area contributed by atoms with Crippen molar-refractivity contribution in [2.75, 3.05) is 36.2 Å². The zero-order chi connectivity index (χ0) is 55.6. The van der Waals surface area contributed by atoms with Gasteiger partial charge >= 0.3 is 6.18 Å². The minimum absolute atomic E-state index is 0.0484. The van der Waals surface area contributed by atoms with Crippen LogP contribution in [0.2, 0.25) is 0 Å². The topological polar surface area (TPSA) is 170 Å². The number of carbonyl (C=O) groups excluding carboxylic acids is 4. The number of nitrogens with one attached hydrogen (secondary N) is 2. The summed E-state index contributed by atoms with van der Waals surface area (Å²) < 4.78 is 114. The van der Waals surface area contributed by atoms with E-state index in [2.05, 4.69) is 20.6 Å². The van der Waals surface area contributed by atoms with Crippen LogP contribution in [-0.4, -0.2) is 87.6 Å². The van der Waals surface area contributed by atoms with Crippen molar-refractivity contribution in [3.05, 3.63) is 112 Å². The third-order valence-electron chi connectivity index (χ3n) is 13.0. The Labute approximate surface area is 443 Å². The summed E-state index contributed by atoms with van der Waals surface area (Å²) in [5.74, 6) is -8.44. The van der Waals surface area contributed by atoms with E-state index in [1.165, 1.54) is 24.8 Å². The number of rotatable bonds is 17. The highest BCUT2D eigenvalue weighted by Gasteiger charge is 2.52. The molecule has 3 atom stereocenters. The summed E-state index contributed by atoms with van der Waals surface area (Å²) in [6.45, 7) is 11.6. The van der Waals surface area contributed by atoms with Crippen LogP contribution in [0.1, 0.15) is 95.7 Å². The predicted molar refractivity (Wildman–Crippen MR) is 273 cm³/mol. The minimum atomic E-state index is -5.30. The average Bonchev–Trinajstić information content (AvgIpc) is 4.07. The predicted octanol–water partition coefficient (Wildman–Crippen LogP) is 10.1. The molecule has 2 saturated heterocycles. The molecule has 2 aliphatic rings. The van der Waals surface area contributed by atoms with E-state index in [0.717, 1.165) is 57.1 Å². The Morgan fingerprint density at radius 1 is 0.947 bits per heavy atom. The monoisotopic (exact) mass is 1090 g/mol. The van der Waals surface area contributed by atoms with Gasteiger partial charge in [0.1, 0.15) is 35.5 Å². The molecule has 2 unspecified atom stereocenters. The van der Waals surface area contributed by atoms with Gasteiger partial charge in [-0.2, -0.15) is 18.4 Å². The molecule has 2 aliphatic heterocycles. The number of aromatic nitrogens is 2. The summed E-state index contributed by atoms with van der Waals surface area (Å²) in [5, 5.41) is 14.5. The Hall–Kier alpha value is -7.03. The third-order valence-corrected chi connectivity index (χ3v) is 14.3. The first-order valence-corrected chi connectivity index (χ1v) is 25.3. The number of unbranched alkanes of at least 4 members (excludes halogenated alkanes) is 1. The smallest absolute Gasteiger partial charge is 0.420 e. The summed E-state index contributed by atoms with van der Waals surface area (Å²) in [6.07, 6.45) is -2.69. The van der Waals surface area contributed by atoms with Crippen molar-refractivity contribution in [3.8, 4) is 33.5 Å². The highest BCUT2D eigenvalue weighted by Crippen LogP contribution is 2.43. The van der Waals surface area contributed by atoms with Crippen LogP contribution in [0.15, 0.2) is 66.3 Å². The number of amides is 4. The number of aryl methyl sites for hydroxylation is 1. The van der Waals surface area contributed by atoms with Gasteiger partial charge in [0.2, 0.25) is 17.7 Å². The Bertz CT molecular complexity index is 3080. The maximum atomic E-state index is 15.8. The van der Waals surface area contributed by atoms with Crippen LogP contribution in [0.25, 0.3) is 21.7 Å². The van der Waals surface area contributed by atoms with E-state index in [1.807, 2.05) is 38.1 Å². The van der Waals surface area contributed by atoms with Gasteiger partial charge in [-0.3, -0.25) is 29.1 Å². The summed E-state index contributed by atoms with van der Waals surface area (Å²) in [4.78, 5) is 66.8. The van der Waals surface area contributed by atoms with Gasteiger partial charge in [0, 0.05) is 24.8 Å². The number of ether oxygens (including phenoxy) is 2. The first-order valence-electron chi connectivity index (χ1n) is 24.0. The Kier molecular flexibility index (Phi) is 16.9. The first-order chi connectivity index (χ1) is 35.8. The molecular formula is C53H53F7N8O6S2. The molecule has 4 heterocycles. The van der Waals surface area contributed by atoms with Crippen LogP contribution in [0.4, 0.5) is 42.1 Å². The zero-order valence-electron chi connectivity index (χ0n) is 42.3. The average molecular weight is 1100 g/mol. The number of nitrogens with zero attached hydrogens (tertiary/aromatic N) is 6. The second-order valence-corrected chi connectivity index (χ2v) is 21.0. The van der Waals surface area contributed by atoms with E-state index in [9.17, 15) is 32.3 Å². The molecule has 7 rings (SSSR count). The fourth-order valence-electron chi connectivity index (χ4n) is 9.01. The van der Waals surface area contributed by atoms with Crippen LogP contribution < -0.4 is 25.2 Å². The lowest BCUT2D eigenvalue weighted by Gasteiger charge is -2.35. The molecule has 2 fully saturated rings. The SMILES string of the molecule is Cc1ncsc1-c1ccc([C@H](C)NC(=O)C2CCCN2C(=O)C(NC(=O)COCCCCOc2c(F)cc(-c3ncc(N4C(=S)N(c5ccc(C#N)c(C(F)(F)F)c5F)C(=O)C4(C)C)cc3F)cc2F)C(C)(C)C)cc1. The van der Waals surface area contributed by atoms with Gasteiger partial charge in [-0.15, -0.1) is 11.3 Å². The molecule has 5 aromatic rings. The number of halogens is 7. The number of alkyl halides is 3. The van der Waals surface area contributed by atoms with Gasteiger partial charge < -0.3 is 29.9 Å². The maximum Gasteiger partial charge on any atom is 0.420 e. The number of anilines is 2. The number of likely N-dealkylation sites (tertiary alicyclic amines) is 1. The van der Waals surface area contributed by atoms with E-state index in [-0.39, 0.29) is 42.8 Å². The lowest BCUT2D eigenvalue weighted by Crippen LogP contribution is -2.58. The van der Waals surface area contributed by atoms with E-state index < -0.39 is 110 Å². The van der Waals surface area contributed by atoms with E-state index in [4.69, 9.17) is 27.0 Å². The number of thiazole rings is 1. The number of nitriles is 1. The third kappa shape index (κ3) is 11.8. The molecule has 3 aromatic carbocycles. The largest absolute Gasteiger partial charge is 0.488 e. The van der Waals surface area contributed by atoms with Crippen molar-refractivity contribution in [1.29, 1.82) is 5.26 Å². The molecule has 2 N–H and O–H groups in total. The van der Waals surface area contributed by atoms with Gasteiger partial charge in [-0.05, 0) is 106 Å². The van der Waals surface area contributed by atoms with Crippen molar-refractivity contribution in [2.45, 2.75) is 104 Å². The molecule has 0 spiro atoms. The van der Waals surface area contributed by atoms with Crippen LogP contribution >= 0.6 is 23.6 Å². The molecule has 14 nitrogen and oxygen atoms in total. The summed E-state index contributed by atoms with van der Waals surface area (Å²) in [5.41, 5.74) is -2.70. The highest BCUT2D eigenvalue weighted by molar-refractivity contribution is 7.81. The Morgan fingerprint density at radius 2 is 1.62 bits per heavy atom. The number of hydrogen-bond donors (Lipinski definition) is 2. The van der Waals surface area contributed by atoms with Crippen LogP contribution in [0.5, 0.6) is 5.75 Å². The molecule has 402 valence electrons. The molecular weight excluding hydrogens is 1040 g/mol. The van der Waals surface area contributed by atoms with E-state index >= 15 is 17.6 Å². The molecule has 4 amide bonds. The lowest BCUT2D eigenvalue weighted by atomic mass is 9.85. The Morgan fingerprint density at radius 3 is 2.22 bits per heavy atom. The number of thiocarbonyl (C=S) groups is 1. The van der Waals surface area contributed by atoms with E-state index in [1.54, 1.807) is 37.6 Å². The van der Waals surface area contributed by atoms with Crippen molar-refractivity contribution in [2.24, 2.45) is 5.41 Å². The molecule has 23 heteroatoms. The van der Waals surface area contributed by atoms with Crippen molar-refractivity contribution < 1.29 is 59.4 Å². The van der Waals surface area contributed by atoms with Gasteiger partial charge in [0.25, 0.3) is 5.91 Å². The lowest BCUT2D eigenvalue weighted by molar-refractivity contribution is -0.144. The minimum Gasteiger partial charge on any atom is -0.488 e. The maximum absolute atomic E-state index is 15.8. The molecule has 0 aliphatic carbocycles. The Balaban J connectivity index is 0.888. The van der Waals surface area contributed by atoms with Crippen LogP contribution in [-0.2, 0) is 30.1 Å². The zero-order valence-corrected chi connectivity index (χ0v) is 44.0. The second-order valence-electron chi connectivity index (χ2n) is 19.8. The molecule has 0 radical (unpaired) electrons. The summed E-state index contributed by atoms with van der Waals surface area (Å²) in [7, 11) is 0. The molecule has 0 bridgehead atoms. The van der Waals surface area contributed by atoms with Gasteiger partial charge in [0.15, 0.2) is 34.1 Å². The molecule has 0 saturated carbocycles. The fraction of sp³-hybridized carbons (Fsp3) is 0.396. The first kappa shape index (κ1) is 56.7. The number of carbonyl (C=O) groups is 4. The standard InChI is InChI=1S/C53H53F7N8O6S2/c1-28(30-12-14-31(15-13-30)45-29(2)63-27-76-45)64-47(70)39-11-10-18-66(39)48(71)46(51(3,4)5)65-40(69)26-73-19-8-9-20-74-44-36(55)21-33(22-37(44)56)43-35(54)23-34(25-62-43)68-50(75)67(49(72)52(68,6)7)38-17-16-32(24-61)41(42(38)57)53(58,59)60/h12-17,21-23,25,27-28,39,46H,8-11,18-20,26H2,1-7H3,(H,64,70)(H,65,69)/t28-,39?,46?/m0/s1. The van der Waals surface area contributed by atoms with Gasteiger partial charge in [-0.1, -0.05) is 45.0 Å². The van der Waals surface area contributed by atoms with Crippen molar-refractivity contribution in [3.63, 3.8) is 0 Å². The summed E-state index contributed by atoms with van der Waals surface area (Å²) in [6, 6.07) is 11.0. The fourth-order valence-corrected chi connectivity index (χ4v) is 10.3. The number of pyridine rings is 1. The second kappa shape index (κ2) is 22.7. The van der Waals surface area contributed by atoms with Gasteiger partial charge in [-0.25, -0.2) is 22.5 Å². The normalized spacial score (nSPS) is 16.4. The number of hydrogen-bond acceptors (Lipinski definition) is 11. The van der Waals surface area contributed by atoms with Crippen LogP contribution in [0, 0.1) is 46.9 Å². The van der Waals surface area contributed by atoms with Crippen molar-refractivity contribution >= 4 is 63.7 Å². The van der Waals surface area contributed by atoms with Crippen molar-refractivity contribution in [1.82, 2.24) is 25.5 Å². The molecule has 2 aromatic heterocycles. The highest BCUT2D eigenvalue weighted by atomic mass is 32.1. The molecule has 76 heavy (non-hydrogen) atoms. The number of benzene rings is 3. The van der Waals surface area contributed by atoms with Crippen LogP contribution in [0.3, 0.4) is 0 Å².